The molecule has 1 saturated heterocycles. The van der Waals surface area contributed by atoms with E-state index in [1.54, 1.807) is 24.0 Å². The van der Waals surface area contributed by atoms with Gasteiger partial charge in [-0.3, -0.25) is 14.5 Å². The predicted molar refractivity (Wildman–Crippen MR) is 110 cm³/mol. The second kappa shape index (κ2) is 7.05. The number of fused-ring (bicyclic) bond motifs is 1. The number of hydrogen-bond donors (Lipinski definition) is 1. The number of nitrogens with one attached hydrogen (secondary N) is 1. The molecule has 4 rings (SSSR count). The third kappa shape index (κ3) is 3.16. The average molecular weight is 400 g/mol. The molecule has 3 aliphatic heterocycles. The van der Waals surface area contributed by atoms with Gasteiger partial charge in [-0.15, -0.1) is 0 Å². The molecule has 3 heterocycles. The van der Waals surface area contributed by atoms with Crippen LogP contribution in [0.15, 0.2) is 41.7 Å². The summed E-state index contributed by atoms with van der Waals surface area (Å²) in [6, 6.07) is 5.43. The first-order valence-electron chi connectivity index (χ1n) is 9.84. The Morgan fingerprint density at radius 3 is 2.64 bits per heavy atom. The Labute approximate surface area is 171 Å². The molecule has 28 heavy (non-hydrogen) atoms. The van der Waals surface area contributed by atoms with Crippen LogP contribution in [0.25, 0.3) is 0 Å². The molecular weight excluding hydrogens is 374 g/mol. The summed E-state index contributed by atoms with van der Waals surface area (Å²) >= 11 is 6.21. The van der Waals surface area contributed by atoms with Crippen molar-refractivity contribution in [2.75, 3.05) is 19.6 Å². The first kappa shape index (κ1) is 19.2. The Morgan fingerprint density at radius 2 is 1.96 bits per heavy atom. The molecule has 5 nitrogen and oxygen atoms in total. The van der Waals surface area contributed by atoms with E-state index in [-0.39, 0.29) is 11.8 Å². The Hall–Kier alpha value is -2.11. The molecular formula is C22H26ClN3O2. The quantitative estimate of drug-likeness (QED) is 0.825. The molecule has 6 heteroatoms. The number of rotatable bonds is 2. The molecule has 0 aliphatic carbocycles. The van der Waals surface area contributed by atoms with Gasteiger partial charge in [-0.05, 0) is 81.1 Å². The Bertz CT molecular complexity index is 897. The zero-order valence-corrected chi connectivity index (χ0v) is 17.3. The summed E-state index contributed by atoms with van der Waals surface area (Å²) < 4.78 is 0. The molecule has 0 aromatic heterocycles. The molecule has 1 aromatic carbocycles. The van der Waals surface area contributed by atoms with Crippen LogP contribution in [0.4, 0.5) is 0 Å². The predicted octanol–water partition coefficient (Wildman–Crippen LogP) is 3.66. The van der Waals surface area contributed by atoms with Gasteiger partial charge in [0.05, 0.1) is 11.2 Å². The van der Waals surface area contributed by atoms with Gasteiger partial charge in [0.15, 0.2) is 0 Å². The normalized spacial score (nSPS) is 22.1. The third-order valence-corrected chi connectivity index (χ3v) is 6.37. The highest BCUT2D eigenvalue weighted by Gasteiger charge is 2.45. The SMILES string of the molecule is CC(=O)N1C=C(N2C(=O)c3ccc(Cl)cc3C2(C)C)C=C(C2CCNCC2)C1. The summed E-state index contributed by atoms with van der Waals surface area (Å²) in [6.07, 6.45) is 6.05. The number of allylic oxidation sites excluding steroid dienone is 1. The number of halogens is 1. The third-order valence-electron chi connectivity index (χ3n) is 6.13. The maximum Gasteiger partial charge on any atom is 0.259 e. The van der Waals surface area contributed by atoms with Gasteiger partial charge in [-0.25, -0.2) is 0 Å². The molecule has 1 aromatic rings. The van der Waals surface area contributed by atoms with E-state index in [4.69, 9.17) is 11.6 Å². The Morgan fingerprint density at radius 1 is 1.25 bits per heavy atom. The van der Waals surface area contributed by atoms with Gasteiger partial charge in [0.2, 0.25) is 5.91 Å². The van der Waals surface area contributed by atoms with Crippen LogP contribution in [-0.4, -0.2) is 41.2 Å². The summed E-state index contributed by atoms with van der Waals surface area (Å²) in [7, 11) is 0. The highest BCUT2D eigenvalue weighted by molar-refractivity contribution is 6.30. The minimum absolute atomic E-state index is 0.0120. The number of benzene rings is 1. The molecule has 0 bridgehead atoms. The fraction of sp³-hybridized carbons (Fsp3) is 0.455. The van der Waals surface area contributed by atoms with Crippen molar-refractivity contribution in [3.8, 4) is 0 Å². The highest BCUT2D eigenvalue weighted by Crippen LogP contribution is 2.43. The highest BCUT2D eigenvalue weighted by atomic mass is 35.5. The van der Waals surface area contributed by atoms with E-state index in [9.17, 15) is 9.59 Å². The maximum absolute atomic E-state index is 13.3. The molecule has 1 N–H and O–H groups in total. The topological polar surface area (TPSA) is 52.7 Å². The monoisotopic (exact) mass is 399 g/mol. The van der Waals surface area contributed by atoms with Crippen LogP contribution in [-0.2, 0) is 10.3 Å². The number of hydrogen-bond acceptors (Lipinski definition) is 3. The molecule has 148 valence electrons. The van der Waals surface area contributed by atoms with Crippen molar-refractivity contribution in [2.24, 2.45) is 5.92 Å². The van der Waals surface area contributed by atoms with E-state index in [1.807, 2.05) is 31.0 Å². The molecule has 3 aliphatic rings. The van der Waals surface area contributed by atoms with Crippen molar-refractivity contribution in [1.29, 1.82) is 0 Å². The van der Waals surface area contributed by atoms with E-state index in [0.717, 1.165) is 37.2 Å². The number of piperidine rings is 1. The van der Waals surface area contributed by atoms with Crippen LogP contribution in [0, 0.1) is 5.92 Å². The van der Waals surface area contributed by atoms with Crippen molar-refractivity contribution in [3.05, 3.63) is 57.9 Å². The molecule has 2 amide bonds. The fourth-order valence-corrected chi connectivity index (χ4v) is 4.76. The molecule has 0 saturated carbocycles. The largest absolute Gasteiger partial charge is 0.317 e. The first-order chi connectivity index (χ1) is 13.3. The average Bonchev–Trinajstić information content (AvgIpc) is 2.87. The Balaban J connectivity index is 1.76. The van der Waals surface area contributed by atoms with Gasteiger partial charge in [-0.2, -0.15) is 0 Å². The van der Waals surface area contributed by atoms with Crippen molar-refractivity contribution in [1.82, 2.24) is 15.1 Å². The van der Waals surface area contributed by atoms with Gasteiger partial charge in [0.1, 0.15) is 0 Å². The van der Waals surface area contributed by atoms with Crippen LogP contribution >= 0.6 is 11.6 Å². The molecule has 1 fully saturated rings. The fourth-order valence-electron chi connectivity index (χ4n) is 4.58. The second-order valence-electron chi connectivity index (χ2n) is 8.33. The minimum atomic E-state index is -0.543. The number of carbonyl (C=O) groups excluding carboxylic acids is 2. The lowest BCUT2D eigenvalue weighted by Gasteiger charge is -2.38. The van der Waals surface area contributed by atoms with Crippen LogP contribution in [0.1, 0.15) is 49.5 Å². The molecule has 0 atom stereocenters. The van der Waals surface area contributed by atoms with Crippen LogP contribution in [0.3, 0.4) is 0 Å². The molecule has 0 radical (unpaired) electrons. The lowest BCUT2D eigenvalue weighted by atomic mass is 9.87. The van der Waals surface area contributed by atoms with Crippen molar-refractivity contribution < 1.29 is 9.59 Å². The van der Waals surface area contributed by atoms with Gasteiger partial charge in [-0.1, -0.05) is 11.6 Å². The summed E-state index contributed by atoms with van der Waals surface area (Å²) in [4.78, 5) is 29.0. The molecule has 0 spiro atoms. The first-order valence-corrected chi connectivity index (χ1v) is 10.2. The van der Waals surface area contributed by atoms with Crippen LogP contribution < -0.4 is 5.32 Å². The smallest absolute Gasteiger partial charge is 0.259 e. The summed E-state index contributed by atoms with van der Waals surface area (Å²) in [6.45, 7) is 8.20. The lowest BCUT2D eigenvalue weighted by molar-refractivity contribution is -0.126. The van der Waals surface area contributed by atoms with Crippen molar-refractivity contribution in [2.45, 2.75) is 39.2 Å². The molecule has 0 unspecified atom stereocenters. The number of amides is 2. The van der Waals surface area contributed by atoms with E-state index in [2.05, 4.69) is 11.4 Å². The zero-order chi connectivity index (χ0) is 20.1. The van der Waals surface area contributed by atoms with E-state index in [1.165, 1.54) is 5.57 Å². The minimum Gasteiger partial charge on any atom is -0.317 e. The van der Waals surface area contributed by atoms with E-state index < -0.39 is 5.54 Å². The van der Waals surface area contributed by atoms with Gasteiger partial charge in [0, 0.05) is 30.3 Å². The van der Waals surface area contributed by atoms with E-state index in [0.29, 0.717) is 23.0 Å². The lowest BCUT2D eigenvalue weighted by Crippen LogP contribution is -2.42. The van der Waals surface area contributed by atoms with Crippen molar-refractivity contribution in [3.63, 3.8) is 0 Å². The number of nitrogens with zero attached hydrogens (tertiary/aromatic N) is 2. The summed E-state index contributed by atoms with van der Waals surface area (Å²) in [5, 5.41) is 4.01. The van der Waals surface area contributed by atoms with E-state index >= 15 is 0 Å². The van der Waals surface area contributed by atoms with Gasteiger partial charge < -0.3 is 10.2 Å². The van der Waals surface area contributed by atoms with Crippen LogP contribution in [0.5, 0.6) is 0 Å². The van der Waals surface area contributed by atoms with Crippen molar-refractivity contribution >= 4 is 23.4 Å². The summed E-state index contributed by atoms with van der Waals surface area (Å²) in [5.74, 6) is 0.376. The Kier molecular flexibility index (Phi) is 4.84. The standard InChI is InChI=1S/C22H26ClN3O2/c1-14(27)25-12-16(15-6-8-24-9-7-15)10-18(13-25)26-21(28)19-5-4-17(23)11-20(19)22(26,2)3/h4-5,10-11,13,15,24H,6-9,12H2,1-3H3. The maximum atomic E-state index is 13.3. The second-order valence-corrected chi connectivity index (χ2v) is 8.77. The zero-order valence-electron chi connectivity index (χ0n) is 16.6. The summed E-state index contributed by atoms with van der Waals surface area (Å²) in [5.41, 5.74) is 3.05. The van der Waals surface area contributed by atoms with Gasteiger partial charge >= 0.3 is 0 Å². The number of carbonyl (C=O) groups is 2. The van der Waals surface area contributed by atoms with Gasteiger partial charge in [0.25, 0.3) is 5.91 Å². The van der Waals surface area contributed by atoms with Crippen LogP contribution in [0.2, 0.25) is 5.02 Å².